The number of aliphatic hydroxyl groups excluding tert-OH is 1. The van der Waals surface area contributed by atoms with Crippen LogP contribution in [0.15, 0.2) is 17.1 Å². The highest BCUT2D eigenvalue weighted by molar-refractivity contribution is 5.56. The Kier molecular flexibility index (Phi) is 16.9. The maximum absolute atomic E-state index is 8.72. The van der Waals surface area contributed by atoms with Crippen molar-refractivity contribution in [2.45, 2.75) is 103 Å². The van der Waals surface area contributed by atoms with E-state index in [4.69, 9.17) is 5.11 Å². The Morgan fingerprint density at radius 2 is 1.19 bits per heavy atom. The van der Waals surface area contributed by atoms with E-state index in [1.807, 2.05) is 6.34 Å². The van der Waals surface area contributed by atoms with E-state index < -0.39 is 0 Å². The highest BCUT2D eigenvalue weighted by Gasteiger charge is 2.03. The molecule has 0 radical (unpaired) electrons. The van der Waals surface area contributed by atoms with E-state index in [-0.39, 0.29) is 0 Å². The minimum absolute atomic E-state index is 0.362. The lowest BCUT2D eigenvalue weighted by Gasteiger charge is -2.12. The Morgan fingerprint density at radius 3 is 1.69 bits per heavy atom. The summed E-state index contributed by atoms with van der Waals surface area (Å²) >= 11 is 0. The Labute approximate surface area is 163 Å². The molecule has 0 spiro atoms. The molecule has 1 heterocycles. The summed E-state index contributed by atoms with van der Waals surface area (Å²) in [5, 5.41) is 8.72. The maximum Gasteiger partial charge on any atom is 0.0851 e. The number of unbranched alkanes of at least 4 members (excludes halogenated alkanes) is 14. The summed E-state index contributed by atoms with van der Waals surface area (Å²) in [5.41, 5.74) is 0. The molecule has 0 aromatic rings. The lowest BCUT2D eigenvalue weighted by atomic mass is 10.1. The fourth-order valence-electron chi connectivity index (χ4n) is 3.54. The van der Waals surface area contributed by atoms with Gasteiger partial charge in [-0.15, -0.1) is 0 Å². The van der Waals surface area contributed by atoms with Gasteiger partial charge in [0.05, 0.1) is 12.9 Å². The molecule has 152 valence electrons. The summed E-state index contributed by atoms with van der Waals surface area (Å²) < 4.78 is 0. The molecular formula is C23H44N2O. The van der Waals surface area contributed by atoms with E-state index in [1.165, 1.54) is 103 Å². The molecule has 0 saturated carbocycles. The molecule has 0 unspecified atom stereocenters. The molecule has 3 heteroatoms. The van der Waals surface area contributed by atoms with Crippen LogP contribution in [-0.4, -0.2) is 42.6 Å². The van der Waals surface area contributed by atoms with Crippen LogP contribution in [0.25, 0.3) is 0 Å². The van der Waals surface area contributed by atoms with E-state index in [9.17, 15) is 0 Å². The van der Waals surface area contributed by atoms with Crippen molar-refractivity contribution in [2.24, 2.45) is 4.99 Å². The van der Waals surface area contributed by atoms with Crippen molar-refractivity contribution >= 4 is 6.34 Å². The Morgan fingerprint density at radius 1 is 0.692 bits per heavy atom. The number of hydrogen-bond acceptors (Lipinski definition) is 3. The number of rotatable bonds is 19. The molecule has 3 nitrogen and oxygen atoms in total. The zero-order valence-electron chi connectivity index (χ0n) is 17.2. The smallest absolute Gasteiger partial charge is 0.0851 e. The van der Waals surface area contributed by atoms with Crippen LogP contribution in [0, 0.1) is 0 Å². The van der Waals surface area contributed by atoms with Crippen LogP contribution in [0.2, 0.25) is 0 Å². The first-order valence-corrected chi connectivity index (χ1v) is 11.4. The molecule has 0 aliphatic carbocycles. The van der Waals surface area contributed by atoms with E-state index in [0.29, 0.717) is 6.61 Å². The van der Waals surface area contributed by atoms with E-state index in [2.05, 4.69) is 22.0 Å². The third-order valence-corrected chi connectivity index (χ3v) is 5.27. The van der Waals surface area contributed by atoms with Gasteiger partial charge in [0.1, 0.15) is 0 Å². The number of aliphatic hydroxyl groups is 1. The van der Waals surface area contributed by atoms with Crippen LogP contribution in [0.1, 0.15) is 103 Å². The van der Waals surface area contributed by atoms with Crippen molar-refractivity contribution in [1.82, 2.24) is 4.90 Å². The van der Waals surface area contributed by atoms with Gasteiger partial charge in [-0.2, -0.15) is 0 Å². The standard InChI is InChI=1S/C23H44N2O/c26-22-18-16-14-12-10-8-6-4-2-1-3-5-7-9-11-13-15-17-20-25-21-19-24-23-25/h1,3,23,26H,2,4-22H2. The minimum atomic E-state index is 0.362. The molecule has 0 atom stereocenters. The van der Waals surface area contributed by atoms with Crippen molar-refractivity contribution in [2.75, 3.05) is 26.2 Å². The normalized spacial score (nSPS) is 14.1. The van der Waals surface area contributed by atoms with Crippen LogP contribution in [-0.2, 0) is 0 Å². The summed E-state index contributed by atoms with van der Waals surface area (Å²) in [5.74, 6) is 0. The zero-order valence-corrected chi connectivity index (χ0v) is 17.2. The Hall–Kier alpha value is -0.830. The summed E-state index contributed by atoms with van der Waals surface area (Å²) in [6.07, 6.45) is 28.0. The van der Waals surface area contributed by atoms with Gasteiger partial charge < -0.3 is 10.0 Å². The monoisotopic (exact) mass is 364 g/mol. The second-order valence-corrected chi connectivity index (χ2v) is 7.78. The third-order valence-electron chi connectivity index (χ3n) is 5.27. The van der Waals surface area contributed by atoms with E-state index in [0.717, 1.165) is 19.5 Å². The van der Waals surface area contributed by atoms with Crippen LogP contribution >= 0.6 is 0 Å². The van der Waals surface area contributed by atoms with Crippen molar-refractivity contribution in [3.63, 3.8) is 0 Å². The summed E-state index contributed by atoms with van der Waals surface area (Å²) in [7, 11) is 0. The molecule has 1 rings (SSSR count). The van der Waals surface area contributed by atoms with E-state index >= 15 is 0 Å². The molecule has 0 aromatic heterocycles. The second-order valence-electron chi connectivity index (χ2n) is 7.78. The number of nitrogens with zero attached hydrogens (tertiary/aromatic N) is 2. The van der Waals surface area contributed by atoms with Gasteiger partial charge in [0, 0.05) is 19.7 Å². The van der Waals surface area contributed by atoms with Crippen molar-refractivity contribution in [3.05, 3.63) is 12.2 Å². The first-order chi connectivity index (χ1) is 12.9. The zero-order chi connectivity index (χ0) is 18.5. The number of allylic oxidation sites excluding steroid dienone is 2. The minimum Gasteiger partial charge on any atom is -0.396 e. The first kappa shape index (κ1) is 23.2. The number of aliphatic imine (C=N–C) groups is 1. The van der Waals surface area contributed by atoms with Crippen LogP contribution in [0.3, 0.4) is 0 Å². The highest BCUT2D eigenvalue weighted by Crippen LogP contribution is 2.11. The Bertz CT molecular complexity index is 341. The van der Waals surface area contributed by atoms with Gasteiger partial charge in [-0.05, 0) is 38.5 Å². The second kappa shape index (κ2) is 18.9. The molecule has 0 aromatic carbocycles. The first-order valence-electron chi connectivity index (χ1n) is 11.4. The predicted molar refractivity (Wildman–Crippen MR) is 115 cm³/mol. The van der Waals surface area contributed by atoms with Crippen LogP contribution in [0.5, 0.6) is 0 Å². The van der Waals surface area contributed by atoms with E-state index in [1.54, 1.807) is 0 Å². The van der Waals surface area contributed by atoms with Crippen LogP contribution in [0.4, 0.5) is 0 Å². The fourth-order valence-corrected chi connectivity index (χ4v) is 3.54. The summed E-state index contributed by atoms with van der Waals surface area (Å²) in [4.78, 5) is 6.60. The highest BCUT2D eigenvalue weighted by atomic mass is 16.2. The molecule has 0 saturated heterocycles. The lowest BCUT2D eigenvalue weighted by molar-refractivity contribution is 0.282. The van der Waals surface area contributed by atoms with Gasteiger partial charge in [0.15, 0.2) is 0 Å². The molecular weight excluding hydrogens is 320 g/mol. The topological polar surface area (TPSA) is 35.8 Å². The van der Waals surface area contributed by atoms with Crippen LogP contribution < -0.4 is 0 Å². The summed E-state index contributed by atoms with van der Waals surface area (Å²) in [6, 6.07) is 0. The molecule has 0 bridgehead atoms. The Balaban J connectivity index is 1.68. The molecule has 1 N–H and O–H groups in total. The predicted octanol–water partition coefficient (Wildman–Crippen LogP) is 6.12. The lowest BCUT2D eigenvalue weighted by Crippen LogP contribution is -2.20. The fraction of sp³-hybridized carbons (Fsp3) is 0.870. The van der Waals surface area contributed by atoms with Gasteiger partial charge in [-0.3, -0.25) is 4.99 Å². The van der Waals surface area contributed by atoms with Crippen molar-refractivity contribution < 1.29 is 5.11 Å². The SMILES string of the molecule is OCCCCCCCCCCC=CCCCCCCCCN1C=NCC1. The van der Waals surface area contributed by atoms with Gasteiger partial charge in [0.2, 0.25) is 0 Å². The average Bonchev–Trinajstić information content (AvgIpc) is 3.17. The molecule has 0 fully saturated rings. The van der Waals surface area contributed by atoms with Gasteiger partial charge in [0.25, 0.3) is 0 Å². The van der Waals surface area contributed by atoms with Gasteiger partial charge >= 0.3 is 0 Å². The molecule has 26 heavy (non-hydrogen) atoms. The molecule has 1 aliphatic heterocycles. The third kappa shape index (κ3) is 15.4. The average molecular weight is 365 g/mol. The van der Waals surface area contributed by atoms with Crippen molar-refractivity contribution in [3.8, 4) is 0 Å². The van der Waals surface area contributed by atoms with Gasteiger partial charge in [-0.25, -0.2) is 0 Å². The summed E-state index contributed by atoms with van der Waals surface area (Å²) in [6.45, 7) is 3.70. The van der Waals surface area contributed by atoms with Crippen molar-refractivity contribution in [1.29, 1.82) is 0 Å². The molecule has 0 amide bonds. The largest absolute Gasteiger partial charge is 0.396 e. The van der Waals surface area contributed by atoms with Gasteiger partial charge in [-0.1, -0.05) is 76.4 Å². The molecule has 1 aliphatic rings. The maximum atomic E-state index is 8.72. The quantitative estimate of drug-likeness (QED) is 0.221. The number of hydrogen-bond donors (Lipinski definition) is 1.